The fraction of sp³-hybridized carbons (Fsp3) is 1.00. The normalized spacial score (nSPS) is 30.7. The van der Waals surface area contributed by atoms with Gasteiger partial charge in [-0.2, -0.15) is 0 Å². The van der Waals surface area contributed by atoms with Crippen molar-refractivity contribution in [2.75, 3.05) is 6.61 Å². The summed E-state index contributed by atoms with van der Waals surface area (Å²) in [5, 5.41) is 0. The van der Waals surface area contributed by atoms with Gasteiger partial charge in [0, 0.05) is 6.42 Å². The van der Waals surface area contributed by atoms with Crippen LogP contribution >= 0.6 is 0 Å². The molecule has 0 saturated carbocycles. The molecule has 0 bridgehead atoms. The zero-order valence-electron chi connectivity index (χ0n) is 5.58. The Hall–Kier alpha value is -0.180. The van der Waals surface area contributed by atoms with Crippen molar-refractivity contribution in [3.8, 4) is 0 Å². The van der Waals surface area contributed by atoms with Crippen LogP contribution in [0.15, 0.2) is 0 Å². The van der Waals surface area contributed by atoms with Crippen LogP contribution in [0.25, 0.3) is 0 Å². The maximum atomic E-state index is 12.6. The minimum atomic E-state index is -2.63. The zero-order chi connectivity index (χ0) is 7.12. The van der Waals surface area contributed by atoms with Gasteiger partial charge in [0.25, 0.3) is 5.92 Å². The summed E-state index contributed by atoms with van der Waals surface area (Å²) in [5.41, 5.74) is -1.24. The van der Waals surface area contributed by atoms with Gasteiger partial charge in [-0.3, -0.25) is 0 Å². The van der Waals surface area contributed by atoms with Crippen LogP contribution < -0.4 is 0 Å². The van der Waals surface area contributed by atoms with Crippen LogP contribution in [0, 0.1) is 0 Å². The molecule has 0 radical (unpaired) electrons. The van der Waals surface area contributed by atoms with E-state index in [0.717, 1.165) is 0 Å². The van der Waals surface area contributed by atoms with E-state index in [1.807, 2.05) is 0 Å². The molecular formula is C6H10F2O. The molecule has 1 rings (SSSR count). The van der Waals surface area contributed by atoms with Gasteiger partial charge in [-0.15, -0.1) is 0 Å². The highest BCUT2D eigenvalue weighted by atomic mass is 19.3. The molecule has 0 aromatic carbocycles. The Kier molecular flexibility index (Phi) is 1.28. The molecule has 0 atom stereocenters. The van der Waals surface area contributed by atoms with Gasteiger partial charge < -0.3 is 4.74 Å². The van der Waals surface area contributed by atoms with E-state index >= 15 is 0 Å². The molecule has 1 aliphatic rings. The Bertz CT molecular complexity index is 106. The number of hydrogen-bond donors (Lipinski definition) is 0. The highest BCUT2D eigenvalue weighted by Crippen LogP contribution is 2.39. The summed E-state index contributed by atoms with van der Waals surface area (Å²) in [6, 6.07) is 0. The third kappa shape index (κ3) is 0.936. The van der Waals surface area contributed by atoms with Gasteiger partial charge in [0.2, 0.25) is 0 Å². The van der Waals surface area contributed by atoms with Gasteiger partial charge in [0.15, 0.2) is 0 Å². The fourth-order valence-corrected chi connectivity index (χ4v) is 0.841. The van der Waals surface area contributed by atoms with E-state index < -0.39 is 11.5 Å². The Morgan fingerprint density at radius 3 is 2.00 bits per heavy atom. The van der Waals surface area contributed by atoms with E-state index in [9.17, 15) is 8.78 Å². The number of ether oxygens (including phenoxy) is 1. The molecular weight excluding hydrogens is 126 g/mol. The lowest BCUT2D eigenvalue weighted by atomic mass is 10.0. The molecule has 0 unspecified atom stereocenters. The third-order valence-corrected chi connectivity index (χ3v) is 1.76. The summed E-state index contributed by atoms with van der Waals surface area (Å²) in [6.07, 6.45) is -0.139. The standard InChI is InChI=1S/C6H10F2O/c1-5(2)6(7,8)3-4-9-5/h3-4H2,1-2H3. The maximum Gasteiger partial charge on any atom is 0.278 e. The minimum absolute atomic E-state index is 0.139. The Morgan fingerprint density at radius 1 is 1.33 bits per heavy atom. The molecule has 54 valence electrons. The Morgan fingerprint density at radius 2 is 1.89 bits per heavy atom. The largest absolute Gasteiger partial charge is 0.369 e. The van der Waals surface area contributed by atoms with Crippen molar-refractivity contribution in [2.45, 2.75) is 31.8 Å². The molecule has 3 heteroatoms. The number of halogens is 2. The molecule has 0 N–H and O–H groups in total. The molecule has 1 saturated heterocycles. The molecule has 1 aliphatic heterocycles. The second-order valence-corrected chi connectivity index (χ2v) is 2.81. The molecule has 9 heavy (non-hydrogen) atoms. The molecule has 1 fully saturated rings. The minimum Gasteiger partial charge on any atom is -0.369 e. The number of rotatable bonds is 0. The zero-order valence-corrected chi connectivity index (χ0v) is 5.58. The van der Waals surface area contributed by atoms with Crippen molar-refractivity contribution >= 4 is 0 Å². The van der Waals surface area contributed by atoms with E-state index in [1.54, 1.807) is 0 Å². The van der Waals surface area contributed by atoms with E-state index in [1.165, 1.54) is 13.8 Å². The van der Waals surface area contributed by atoms with Crippen LogP contribution in [0.5, 0.6) is 0 Å². The molecule has 1 nitrogen and oxygen atoms in total. The molecule has 0 amide bonds. The second-order valence-electron chi connectivity index (χ2n) is 2.81. The maximum absolute atomic E-state index is 12.6. The van der Waals surface area contributed by atoms with E-state index in [-0.39, 0.29) is 13.0 Å². The van der Waals surface area contributed by atoms with Gasteiger partial charge in [-0.05, 0) is 13.8 Å². The predicted octanol–water partition coefficient (Wildman–Crippen LogP) is 1.82. The first-order chi connectivity index (χ1) is 3.96. The third-order valence-electron chi connectivity index (χ3n) is 1.76. The van der Waals surface area contributed by atoms with Gasteiger partial charge in [0.1, 0.15) is 5.60 Å². The van der Waals surface area contributed by atoms with Crippen LogP contribution in [0.2, 0.25) is 0 Å². The van der Waals surface area contributed by atoms with Crippen molar-refractivity contribution in [1.82, 2.24) is 0 Å². The van der Waals surface area contributed by atoms with Crippen molar-refractivity contribution in [2.24, 2.45) is 0 Å². The summed E-state index contributed by atoms with van der Waals surface area (Å²) in [7, 11) is 0. The lowest BCUT2D eigenvalue weighted by Crippen LogP contribution is -2.38. The summed E-state index contributed by atoms with van der Waals surface area (Å²) in [6.45, 7) is 3.01. The molecule has 0 aromatic rings. The molecule has 0 spiro atoms. The average Bonchev–Trinajstić information content (AvgIpc) is 1.81. The highest BCUT2D eigenvalue weighted by Gasteiger charge is 2.51. The summed E-state index contributed by atoms with van der Waals surface area (Å²) >= 11 is 0. The van der Waals surface area contributed by atoms with Gasteiger partial charge in [0.05, 0.1) is 6.61 Å². The highest BCUT2D eigenvalue weighted by molar-refractivity contribution is 4.91. The topological polar surface area (TPSA) is 9.23 Å². The van der Waals surface area contributed by atoms with Crippen molar-refractivity contribution in [1.29, 1.82) is 0 Å². The molecule has 0 aromatic heterocycles. The van der Waals surface area contributed by atoms with Crippen LogP contribution in [0.1, 0.15) is 20.3 Å². The first-order valence-electron chi connectivity index (χ1n) is 2.97. The van der Waals surface area contributed by atoms with Crippen molar-refractivity contribution in [3.05, 3.63) is 0 Å². The first kappa shape index (κ1) is 6.93. The SMILES string of the molecule is CC1(C)OCCC1(F)F. The summed E-state index contributed by atoms with van der Waals surface area (Å²) in [5.74, 6) is -2.63. The quantitative estimate of drug-likeness (QED) is 0.493. The van der Waals surface area contributed by atoms with Crippen LogP contribution in [-0.2, 0) is 4.74 Å². The summed E-state index contributed by atoms with van der Waals surface area (Å²) < 4.78 is 30.0. The lowest BCUT2D eigenvalue weighted by Gasteiger charge is -2.24. The number of alkyl halides is 2. The van der Waals surface area contributed by atoms with E-state index in [4.69, 9.17) is 4.74 Å². The molecule has 0 aliphatic carbocycles. The number of hydrogen-bond acceptors (Lipinski definition) is 1. The first-order valence-corrected chi connectivity index (χ1v) is 2.97. The smallest absolute Gasteiger partial charge is 0.278 e. The fourth-order valence-electron chi connectivity index (χ4n) is 0.841. The van der Waals surface area contributed by atoms with Gasteiger partial charge >= 0.3 is 0 Å². The Balaban J connectivity index is 2.75. The summed E-state index contributed by atoms with van der Waals surface area (Å²) in [4.78, 5) is 0. The van der Waals surface area contributed by atoms with E-state index in [0.29, 0.717) is 0 Å². The lowest BCUT2D eigenvalue weighted by molar-refractivity contribution is -0.124. The van der Waals surface area contributed by atoms with Crippen molar-refractivity contribution < 1.29 is 13.5 Å². The predicted molar refractivity (Wildman–Crippen MR) is 29.6 cm³/mol. The average molecular weight is 136 g/mol. The van der Waals surface area contributed by atoms with Gasteiger partial charge in [-0.25, -0.2) is 8.78 Å². The van der Waals surface area contributed by atoms with Crippen LogP contribution in [0.4, 0.5) is 8.78 Å². The second kappa shape index (κ2) is 1.66. The Labute approximate surface area is 53.0 Å². The van der Waals surface area contributed by atoms with Crippen LogP contribution in [-0.4, -0.2) is 18.1 Å². The van der Waals surface area contributed by atoms with E-state index in [2.05, 4.69) is 0 Å². The van der Waals surface area contributed by atoms with Crippen LogP contribution in [0.3, 0.4) is 0 Å². The monoisotopic (exact) mass is 136 g/mol. The molecule has 1 heterocycles. The van der Waals surface area contributed by atoms with Crippen molar-refractivity contribution in [3.63, 3.8) is 0 Å². The van der Waals surface area contributed by atoms with Gasteiger partial charge in [-0.1, -0.05) is 0 Å².